The van der Waals surface area contributed by atoms with Crippen LogP contribution >= 0.6 is 0 Å². The van der Waals surface area contributed by atoms with Gasteiger partial charge in [-0.2, -0.15) is 5.26 Å². The maximum Gasteiger partial charge on any atom is 0.240 e. The zero-order valence-electron chi connectivity index (χ0n) is 10.8. The molecule has 1 heterocycles. The van der Waals surface area contributed by atoms with Crippen LogP contribution in [0.3, 0.4) is 0 Å². The number of carbonyl (C=O) groups is 1. The molecule has 1 aliphatic heterocycles. The van der Waals surface area contributed by atoms with Gasteiger partial charge in [0.1, 0.15) is 6.04 Å². The summed E-state index contributed by atoms with van der Waals surface area (Å²) in [4.78, 5) is 16.3. The SMILES string of the molecule is N#C[C@@H]1CC(N=[N+]=[N-])CN1C(=O)[C@@H](N)CCCCN. The minimum absolute atomic E-state index is 0.251. The molecule has 1 amide bonds. The van der Waals surface area contributed by atoms with Gasteiger partial charge in [0.05, 0.1) is 18.2 Å². The van der Waals surface area contributed by atoms with E-state index in [0.717, 1.165) is 12.8 Å². The van der Waals surface area contributed by atoms with E-state index in [1.54, 1.807) is 0 Å². The second-order valence-electron chi connectivity index (χ2n) is 4.62. The van der Waals surface area contributed by atoms with Crippen LogP contribution in [-0.2, 0) is 4.79 Å². The molecular formula is C11H19N7O. The molecule has 1 rings (SSSR count). The van der Waals surface area contributed by atoms with Crippen molar-refractivity contribution in [3.63, 3.8) is 0 Å². The molecule has 104 valence electrons. The van der Waals surface area contributed by atoms with E-state index in [2.05, 4.69) is 16.1 Å². The van der Waals surface area contributed by atoms with Crippen molar-refractivity contribution in [2.45, 2.75) is 43.8 Å². The van der Waals surface area contributed by atoms with E-state index < -0.39 is 12.1 Å². The molecule has 0 saturated carbocycles. The van der Waals surface area contributed by atoms with E-state index in [1.165, 1.54) is 4.90 Å². The minimum atomic E-state index is -0.618. The fourth-order valence-corrected chi connectivity index (χ4v) is 2.18. The van der Waals surface area contributed by atoms with Crippen molar-refractivity contribution in [1.29, 1.82) is 5.26 Å². The highest BCUT2D eigenvalue weighted by molar-refractivity contribution is 5.82. The van der Waals surface area contributed by atoms with Crippen molar-refractivity contribution < 1.29 is 4.79 Å². The normalized spacial score (nSPS) is 23.5. The van der Waals surface area contributed by atoms with Gasteiger partial charge < -0.3 is 16.4 Å². The first kappa shape index (κ1) is 15.2. The molecule has 1 unspecified atom stereocenters. The molecule has 1 fully saturated rings. The third-order valence-electron chi connectivity index (χ3n) is 3.21. The van der Waals surface area contributed by atoms with Gasteiger partial charge in [-0.25, -0.2) is 0 Å². The lowest BCUT2D eigenvalue weighted by Gasteiger charge is -2.23. The molecule has 0 aliphatic carbocycles. The van der Waals surface area contributed by atoms with Crippen molar-refractivity contribution in [3.05, 3.63) is 10.4 Å². The third kappa shape index (κ3) is 4.10. The lowest BCUT2D eigenvalue weighted by Crippen LogP contribution is -2.45. The number of likely N-dealkylation sites (tertiary alicyclic amines) is 1. The summed E-state index contributed by atoms with van der Waals surface area (Å²) >= 11 is 0. The third-order valence-corrected chi connectivity index (χ3v) is 3.21. The fourth-order valence-electron chi connectivity index (χ4n) is 2.18. The molecule has 4 N–H and O–H groups in total. The zero-order chi connectivity index (χ0) is 14.3. The predicted molar refractivity (Wildman–Crippen MR) is 69.5 cm³/mol. The van der Waals surface area contributed by atoms with Crippen LogP contribution in [0.25, 0.3) is 10.4 Å². The fraction of sp³-hybridized carbons (Fsp3) is 0.818. The highest BCUT2D eigenvalue weighted by atomic mass is 16.2. The van der Waals surface area contributed by atoms with Crippen molar-refractivity contribution in [2.75, 3.05) is 13.1 Å². The van der Waals surface area contributed by atoms with Gasteiger partial charge >= 0.3 is 0 Å². The number of nitriles is 1. The molecule has 0 bridgehead atoms. The van der Waals surface area contributed by atoms with Crippen molar-refractivity contribution in [3.8, 4) is 6.07 Å². The molecule has 1 aliphatic rings. The Balaban J connectivity index is 2.59. The zero-order valence-corrected chi connectivity index (χ0v) is 10.8. The predicted octanol–water partition coefficient (Wildman–Crippen LogP) is 0.246. The van der Waals surface area contributed by atoms with Crippen LogP contribution in [-0.4, -0.2) is 42.0 Å². The van der Waals surface area contributed by atoms with Crippen LogP contribution in [0, 0.1) is 11.3 Å². The molecule has 0 aromatic carbocycles. The smallest absolute Gasteiger partial charge is 0.240 e. The average Bonchev–Trinajstić information content (AvgIpc) is 2.81. The Kier molecular flexibility index (Phi) is 6.09. The second-order valence-corrected chi connectivity index (χ2v) is 4.62. The first-order valence-corrected chi connectivity index (χ1v) is 6.34. The number of carbonyl (C=O) groups excluding carboxylic acids is 1. The van der Waals surface area contributed by atoms with Gasteiger partial charge in [-0.3, -0.25) is 4.79 Å². The van der Waals surface area contributed by atoms with E-state index in [9.17, 15) is 4.79 Å². The summed E-state index contributed by atoms with van der Waals surface area (Å²) in [7, 11) is 0. The molecule has 19 heavy (non-hydrogen) atoms. The summed E-state index contributed by atoms with van der Waals surface area (Å²) in [5, 5.41) is 12.6. The van der Waals surface area contributed by atoms with Gasteiger partial charge in [0.25, 0.3) is 0 Å². The number of nitrogens with zero attached hydrogens (tertiary/aromatic N) is 5. The summed E-state index contributed by atoms with van der Waals surface area (Å²) < 4.78 is 0. The Hall–Kier alpha value is -1.81. The monoisotopic (exact) mass is 265 g/mol. The number of hydrogen-bond acceptors (Lipinski definition) is 5. The minimum Gasteiger partial charge on any atom is -0.330 e. The number of rotatable bonds is 6. The van der Waals surface area contributed by atoms with Crippen LogP contribution in [0.5, 0.6) is 0 Å². The molecule has 0 radical (unpaired) electrons. The summed E-state index contributed by atoms with van der Waals surface area (Å²) in [5.41, 5.74) is 19.6. The van der Waals surface area contributed by atoms with Crippen LogP contribution in [0.15, 0.2) is 5.11 Å². The van der Waals surface area contributed by atoms with E-state index in [1.807, 2.05) is 0 Å². The topological polar surface area (TPSA) is 145 Å². The molecule has 3 atom stereocenters. The van der Waals surface area contributed by atoms with Crippen LogP contribution in [0.1, 0.15) is 25.7 Å². The molecule has 1 saturated heterocycles. The van der Waals surface area contributed by atoms with E-state index in [4.69, 9.17) is 22.3 Å². The largest absolute Gasteiger partial charge is 0.330 e. The van der Waals surface area contributed by atoms with Crippen molar-refractivity contribution >= 4 is 5.91 Å². The Labute approximate surface area is 112 Å². The van der Waals surface area contributed by atoms with Crippen molar-refractivity contribution in [1.82, 2.24) is 4.90 Å². The lowest BCUT2D eigenvalue weighted by molar-refractivity contribution is -0.132. The quantitative estimate of drug-likeness (QED) is 0.306. The summed E-state index contributed by atoms with van der Waals surface area (Å²) in [6.07, 6.45) is 2.54. The number of azide groups is 1. The van der Waals surface area contributed by atoms with Crippen LogP contribution in [0.2, 0.25) is 0 Å². The maximum atomic E-state index is 12.1. The van der Waals surface area contributed by atoms with Gasteiger partial charge in [-0.05, 0) is 31.3 Å². The van der Waals surface area contributed by atoms with E-state index in [0.29, 0.717) is 19.4 Å². The summed E-state index contributed by atoms with van der Waals surface area (Å²) in [6.45, 7) is 0.843. The summed E-state index contributed by atoms with van der Waals surface area (Å²) in [6, 6.07) is 0.543. The number of unbranched alkanes of at least 4 members (excludes halogenated alkanes) is 1. The molecule has 0 spiro atoms. The summed E-state index contributed by atoms with van der Waals surface area (Å²) in [5.74, 6) is -0.251. The molecule has 0 aromatic rings. The number of nitrogens with two attached hydrogens (primary N) is 2. The Morgan fingerprint density at radius 1 is 1.63 bits per heavy atom. The Bertz CT molecular complexity index is 398. The Morgan fingerprint density at radius 2 is 2.37 bits per heavy atom. The number of amides is 1. The van der Waals surface area contributed by atoms with Gasteiger partial charge in [-0.15, -0.1) is 0 Å². The van der Waals surface area contributed by atoms with Crippen molar-refractivity contribution in [2.24, 2.45) is 16.6 Å². The van der Waals surface area contributed by atoms with Crippen LogP contribution < -0.4 is 11.5 Å². The van der Waals surface area contributed by atoms with E-state index in [-0.39, 0.29) is 18.5 Å². The van der Waals surface area contributed by atoms with Gasteiger partial charge in [0, 0.05) is 11.5 Å². The molecular weight excluding hydrogens is 246 g/mol. The first-order valence-electron chi connectivity index (χ1n) is 6.34. The standard InChI is InChI=1S/C11H19N7O/c12-4-2-1-3-10(14)11(19)18-7-8(16-17-15)5-9(18)6-13/h8-10H,1-5,7,12,14H2/t8?,9-,10-/m0/s1. The molecule has 0 aromatic heterocycles. The highest BCUT2D eigenvalue weighted by Crippen LogP contribution is 2.21. The van der Waals surface area contributed by atoms with Gasteiger partial charge in [0.15, 0.2) is 0 Å². The maximum absolute atomic E-state index is 12.1. The Morgan fingerprint density at radius 3 is 2.95 bits per heavy atom. The molecule has 8 nitrogen and oxygen atoms in total. The van der Waals surface area contributed by atoms with E-state index >= 15 is 0 Å². The highest BCUT2D eigenvalue weighted by Gasteiger charge is 2.36. The van der Waals surface area contributed by atoms with Gasteiger partial charge in [-0.1, -0.05) is 11.5 Å². The second kappa shape index (κ2) is 7.59. The number of hydrogen-bond donors (Lipinski definition) is 2. The first-order chi connectivity index (χ1) is 9.13. The molecule has 8 heteroatoms. The average molecular weight is 265 g/mol. The van der Waals surface area contributed by atoms with Crippen LogP contribution in [0.4, 0.5) is 0 Å². The lowest BCUT2D eigenvalue weighted by atomic mass is 10.1. The van der Waals surface area contributed by atoms with Gasteiger partial charge in [0.2, 0.25) is 5.91 Å².